The Morgan fingerprint density at radius 1 is 0.871 bits per heavy atom. The summed E-state index contributed by atoms with van der Waals surface area (Å²) < 4.78 is 47.7. The quantitative estimate of drug-likeness (QED) is 0.274. The van der Waals surface area contributed by atoms with Crippen LogP contribution in [-0.2, 0) is 5.41 Å². The molecular weight excluding hydrogens is 467 g/mol. The predicted molar refractivity (Wildman–Crippen MR) is 128 cm³/mol. The second-order valence-electron chi connectivity index (χ2n) is 8.20. The van der Waals surface area contributed by atoms with Crippen LogP contribution in [0.2, 0.25) is 0 Å². The zero-order chi connectivity index (χ0) is 22.9. The van der Waals surface area contributed by atoms with Crippen molar-refractivity contribution in [2.24, 2.45) is 0 Å². The van der Waals surface area contributed by atoms with E-state index in [4.69, 9.17) is 4.28 Å². The first-order chi connectivity index (χ1) is 14.2. The molecule has 0 amide bonds. The third kappa shape index (κ3) is 3.66. The lowest BCUT2D eigenvalue weighted by atomic mass is 9.87. The lowest BCUT2D eigenvalue weighted by Crippen LogP contribution is -2.33. The largest absolute Gasteiger partial charge is 0.464 e. The fourth-order valence-corrected chi connectivity index (χ4v) is 5.81. The van der Waals surface area contributed by atoms with Crippen molar-refractivity contribution >= 4 is 73.5 Å². The molecule has 2 aromatic carbocycles. The van der Waals surface area contributed by atoms with Gasteiger partial charge in [0, 0.05) is 18.8 Å². The molecule has 0 unspecified atom stereocenters. The van der Waals surface area contributed by atoms with Crippen molar-refractivity contribution in [1.29, 1.82) is 0 Å². The van der Waals surface area contributed by atoms with Crippen molar-refractivity contribution < 1.29 is 17.5 Å². The minimum absolute atomic E-state index is 0.00369. The highest BCUT2D eigenvalue weighted by Crippen LogP contribution is 2.40. The van der Waals surface area contributed by atoms with E-state index in [1.807, 2.05) is 6.07 Å². The molecule has 0 aliphatic carbocycles. The van der Waals surface area contributed by atoms with E-state index in [2.05, 4.69) is 44.6 Å². The van der Waals surface area contributed by atoms with E-state index < -0.39 is 26.1 Å². The molecule has 0 radical (unpaired) electrons. The molecule has 4 rings (SSSR count). The Hall–Kier alpha value is -2.30. The van der Waals surface area contributed by atoms with Gasteiger partial charge in [-0.25, -0.2) is 0 Å². The number of aromatic nitrogens is 1. The molecule has 2 heterocycles. The fraction of sp³-hybridized carbons (Fsp3) is 0.238. The van der Waals surface area contributed by atoms with Gasteiger partial charge in [-0.05, 0) is 47.0 Å². The Morgan fingerprint density at radius 2 is 1.35 bits per heavy atom. The van der Waals surface area contributed by atoms with Crippen LogP contribution in [0.3, 0.4) is 0 Å². The summed E-state index contributed by atoms with van der Waals surface area (Å²) in [7, 11) is -4.17. The summed E-state index contributed by atoms with van der Waals surface area (Å²) in [6, 6.07) is 9.23. The summed E-state index contributed by atoms with van der Waals surface area (Å²) in [4.78, 5) is 25.3. The van der Waals surface area contributed by atoms with Gasteiger partial charge in [-0.2, -0.15) is 13.2 Å². The zero-order valence-corrected chi connectivity index (χ0v) is 19.3. The van der Waals surface area contributed by atoms with Gasteiger partial charge >= 0.3 is 5.51 Å². The number of rotatable bonds is 2. The minimum Gasteiger partial charge on any atom is -0.343 e. The van der Waals surface area contributed by atoms with Gasteiger partial charge in [0.05, 0.1) is 20.3 Å². The highest BCUT2D eigenvalue weighted by atomic mass is 32.2. The van der Waals surface area contributed by atoms with Crippen molar-refractivity contribution in [1.82, 2.24) is 4.73 Å². The number of benzene rings is 2. The summed E-state index contributed by atoms with van der Waals surface area (Å²) in [5, 5.41) is 0.00800. The van der Waals surface area contributed by atoms with E-state index in [1.54, 1.807) is 0 Å². The smallest absolute Gasteiger partial charge is 0.343 e. The second-order valence-corrected chi connectivity index (χ2v) is 12.6. The first-order valence-electron chi connectivity index (χ1n) is 9.01. The van der Waals surface area contributed by atoms with Crippen LogP contribution in [0.1, 0.15) is 26.3 Å². The summed E-state index contributed by atoms with van der Waals surface area (Å²) in [5.74, 6) is 5.88. The molecular formula is C21H18F3NO3S3. The van der Waals surface area contributed by atoms with Gasteiger partial charge in [0.15, 0.2) is 0 Å². The van der Waals surface area contributed by atoms with Crippen LogP contribution in [0.5, 0.6) is 0 Å². The number of nitrogens with zero attached hydrogens (tertiary/aromatic N) is 1. The molecule has 0 N–H and O–H groups in total. The van der Waals surface area contributed by atoms with Crippen molar-refractivity contribution in [2.75, 3.05) is 0 Å². The lowest BCUT2D eigenvalue weighted by Gasteiger charge is -2.19. The summed E-state index contributed by atoms with van der Waals surface area (Å²) >= 11 is 2.90. The minimum atomic E-state index is -4.89. The maximum absolute atomic E-state index is 13.1. The van der Waals surface area contributed by atoms with Gasteiger partial charge in [0.25, 0.3) is 11.1 Å². The molecule has 10 heteroatoms. The van der Waals surface area contributed by atoms with Crippen LogP contribution >= 0.6 is 32.2 Å². The van der Waals surface area contributed by atoms with Gasteiger partial charge < -0.3 is 4.28 Å². The number of halogens is 3. The SMILES string of the molecule is C=S(=C)(On1c(=O)c2cc3sc4ccc(C(C)(C)C)cc4sc3cc2c1=O)C(F)(F)F. The number of hydrogen-bond acceptors (Lipinski definition) is 5. The topological polar surface area (TPSA) is 48.3 Å². The van der Waals surface area contributed by atoms with E-state index in [1.165, 1.54) is 34.8 Å². The Kier molecular flexibility index (Phi) is 4.84. The third-order valence-corrected chi connectivity index (χ3v) is 8.59. The molecule has 164 valence electrons. The predicted octanol–water partition coefficient (Wildman–Crippen LogP) is 5.62. The summed E-state index contributed by atoms with van der Waals surface area (Å²) in [6.45, 7) is 6.34. The molecule has 0 aliphatic heterocycles. The Labute approximate surface area is 183 Å². The molecule has 2 aromatic heterocycles. The first-order valence-corrected chi connectivity index (χ1v) is 12.5. The maximum Gasteiger partial charge on any atom is 0.464 e. The molecule has 0 atom stereocenters. The second kappa shape index (κ2) is 6.85. The van der Waals surface area contributed by atoms with Crippen molar-refractivity contribution in [3.63, 3.8) is 0 Å². The van der Waals surface area contributed by atoms with E-state index in [-0.39, 0.29) is 20.9 Å². The Bertz CT molecular complexity index is 1580. The molecule has 0 bridgehead atoms. The molecule has 31 heavy (non-hydrogen) atoms. The van der Waals surface area contributed by atoms with E-state index in [0.29, 0.717) is 0 Å². The van der Waals surface area contributed by atoms with E-state index >= 15 is 0 Å². The van der Waals surface area contributed by atoms with Crippen molar-refractivity contribution in [2.45, 2.75) is 31.7 Å². The molecule has 0 spiro atoms. The van der Waals surface area contributed by atoms with Crippen molar-refractivity contribution in [3.8, 4) is 0 Å². The van der Waals surface area contributed by atoms with Gasteiger partial charge in [-0.15, -0.1) is 22.7 Å². The van der Waals surface area contributed by atoms with E-state index in [9.17, 15) is 22.8 Å². The Balaban J connectivity index is 1.96. The average Bonchev–Trinajstić information content (AvgIpc) is 2.86. The monoisotopic (exact) mass is 485 g/mol. The molecule has 0 aliphatic rings. The molecule has 4 aromatic rings. The average molecular weight is 486 g/mol. The van der Waals surface area contributed by atoms with Crippen LogP contribution in [0.25, 0.3) is 29.6 Å². The third-order valence-electron chi connectivity index (χ3n) is 4.80. The molecule has 0 fully saturated rings. The van der Waals surface area contributed by atoms with Crippen LogP contribution < -0.4 is 15.4 Å². The van der Waals surface area contributed by atoms with Crippen LogP contribution in [0.15, 0.2) is 39.9 Å². The van der Waals surface area contributed by atoms with Crippen LogP contribution in [0.4, 0.5) is 13.2 Å². The van der Waals surface area contributed by atoms with Gasteiger partial charge in [0.2, 0.25) is 0 Å². The fourth-order valence-electron chi connectivity index (χ4n) is 3.01. The number of hydrogen-bond donors (Lipinski definition) is 0. The van der Waals surface area contributed by atoms with Gasteiger partial charge in [0.1, 0.15) is 0 Å². The molecule has 0 saturated heterocycles. The zero-order valence-electron chi connectivity index (χ0n) is 16.8. The maximum atomic E-state index is 13.1. The van der Waals surface area contributed by atoms with Crippen LogP contribution in [0, 0.1) is 0 Å². The molecule has 0 saturated carbocycles. The number of alkyl halides is 3. The standard InChI is InChI=1S/C21H18F3NO3S3/c1-20(2,3)11-6-7-14-15(8-11)30-17-10-13-12(9-16(17)29-14)18(26)25(19(13)27)28-31(4,5)21(22,23)24/h6-10H,4-5H2,1-3H3. The highest BCUT2D eigenvalue weighted by Gasteiger charge is 2.38. The summed E-state index contributed by atoms with van der Waals surface area (Å²) in [6.07, 6.45) is 0. The lowest BCUT2D eigenvalue weighted by molar-refractivity contribution is -0.0419. The number of fused-ring (bicyclic) bond motifs is 3. The highest BCUT2D eigenvalue weighted by molar-refractivity contribution is 8.24. The Morgan fingerprint density at radius 3 is 1.84 bits per heavy atom. The van der Waals surface area contributed by atoms with Crippen LogP contribution in [-0.4, -0.2) is 22.0 Å². The van der Waals surface area contributed by atoms with Gasteiger partial charge in [-0.1, -0.05) is 31.6 Å². The summed E-state index contributed by atoms with van der Waals surface area (Å²) in [5.41, 5.74) is -5.66. The van der Waals surface area contributed by atoms with Crippen molar-refractivity contribution in [3.05, 3.63) is 56.6 Å². The molecule has 4 nitrogen and oxygen atoms in total. The first kappa shape index (κ1) is 21.9. The normalized spacial score (nSPS) is 13.4. The van der Waals surface area contributed by atoms with E-state index in [0.717, 1.165) is 24.4 Å². The van der Waals surface area contributed by atoms with Gasteiger partial charge in [-0.3, -0.25) is 9.59 Å².